The largest absolute Gasteiger partial charge is 0.408 e. The molecule has 1 fully saturated rings. The highest BCUT2D eigenvalue weighted by Gasteiger charge is 2.25. The molecule has 24 heavy (non-hydrogen) atoms. The van der Waals surface area contributed by atoms with Crippen molar-refractivity contribution in [3.63, 3.8) is 0 Å². The van der Waals surface area contributed by atoms with Crippen LogP contribution in [0.15, 0.2) is 28.7 Å². The Morgan fingerprint density at radius 3 is 2.75 bits per heavy atom. The van der Waals surface area contributed by atoms with Gasteiger partial charge >= 0.3 is 6.01 Å². The minimum atomic E-state index is -0.108. The van der Waals surface area contributed by atoms with E-state index in [9.17, 15) is 0 Å². The Labute approximate surface area is 144 Å². The Morgan fingerprint density at radius 2 is 2.04 bits per heavy atom. The van der Waals surface area contributed by atoms with Gasteiger partial charge < -0.3 is 14.6 Å². The number of aromatic nitrogens is 2. The Morgan fingerprint density at radius 1 is 1.25 bits per heavy atom. The molecular formula is C19H28N4O. The van der Waals surface area contributed by atoms with Crippen LogP contribution < -0.4 is 5.32 Å². The van der Waals surface area contributed by atoms with Crippen LogP contribution >= 0.6 is 0 Å². The third kappa shape index (κ3) is 3.96. The summed E-state index contributed by atoms with van der Waals surface area (Å²) < 4.78 is 5.67. The number of rotatable bonds is 5. The van der Waals surface area contributed by atoms with Crippen LogP contribution in [0.2, 0.25) is 0 Å². The Kier molecular flexibility index (Phi) is 4.90. The highest BCUT2D eigenvalue weighted by atomic mass is 16.4. The SMILES string of the molecule is Cc1ccccc1[C@H]1CCN(CCNc2nnc(C(C)(C)C)o2)C1. The predicted molar refractivity (Wildman–Crippen MR) is 96.5 cm³/mol. The second-order valence-corrected chi connectivity index (χ2v) is 7.73. The third-order valence-electron chi connectivity index (χ3n) is 4.67. The van der Waals surface area contributed by atoms with E-state index in [0.717, 1.165) is 26.2 Å². The molecule has 1 saturated heterocycles. The fourth-order valence-corrected chi connectivity index (χ4v) is 3.25. The second-order valence-electron chi connectivity index (χ2n) is 7.73. The van der Waals surface area contributed by atoms with Gasteiger partial charge in [0.15, 0.2) is 0 Å². The first kappa shape index (κ1) is 17.0. The summed E-state index contributed by atoms with van der Waals surface area (Å²) in [7, 11) is 0. The number of hydrogen-bond donors (Lipinski definition) is 1. The van der Waals surface area contributed by atoms with Crippen LogP contribution in [0.25, 0.3) is 0 Å². The second kappa shape index (κ2) is 6.93. The lowest BCUT2D eigenvalue weighted by Crippen LogP contribution is -2.27. The van der Waals surface area contributed by atoms with Crippen molar-refractivity contribution in [3.8, 4) is 0 Å². The summed E-state index contributed by atoms with van der Waals surface area (Å²) in [6, 6.07) is 9.27. The lowest BCUT2D eigenvalue weighted by Gasteiger charge is -2.17. The normalized spacial score (nSPS) is 18.9. The van der Waals surface area contributed by atoms with Crippen molar-refractivity contribution in [1.29, 1.82) is 0 Å². The van der Waals surface area contributed by atoms with Crippen LogP contribution in [0.1, 0.15) is 50.1 Å². The van der Waals surface area contributed by atoms with E-state index in [1.807, 2.05) is 0 Å². The summed E-state index contributed by atoms with van der Waals surface area (Å²) in [5.41, 5.74) is 2.80. The highest BCUT2D eigenvalue weighted by molar-refractivity contribution is 5.30. The molecule has 2 aromatic rings. The first-order valence-electron chi connectivity index (χ1n) is 8.79. The smallest absolute Gasteiger partial charge is 0.315 e. The Hall–Kier alpha value is -1.88. The van der Waals surface area contributed by atoms with E-state index >= 15 is 0 Å². The molecule has 0 amide bonds. The fraction of sp³-hybridized carbons (Fsp3) is 0.579. The zero-order valence-electron chi connectivity index (χ0n) is 15.2. The van der Waals surface area contributed by atoms with E-state index in [0.29, 0.717) is 17.8 Å². The molecule has 0 aliphatic carbocycles. The molecule has 1 aromatic carbocycles. The minimum absolute atomic E-state index is 0.108. The molecule has 0 saturated carbocycles. The first-order chi connectivity index (χ1) is 11.4. The van der Waals surface area contributed by atoms with Gasteiger partial charge in [0.25, 0.3) is 0 Å². The van der Waals surface area contributed by atoms with Crippen molar-refractivity contribution >= 4 is 6.01 Å². The number of hydrogen-bond acceptors (Lipinski definition) is 5. The van der Waals surface area contributed by atoms with Crippen LogP contribution in [-0.2, 0) is 5.41 Å². The molecule has 1 aliphatic heterocycles. The predicted octanol–water partition coefficient (Wildman–Crippen LogP) is 3.58. The topological polar surface area (TPSA) is 54.2 Å². The van der Waals surface area contributed by atoms with Gasteiger partial charge in [0.1, 0.15) is 0 Å². The van der Waals surface area contributed by atoms with Gasteiger partial charge in [0.2, 0.25) is 5.89 Å². The number of nitrogens with one attached hydrogen (secondary N) is 1. The van der Waals surface area contributed by atoms with E-state index in [-0.39, 0.29) is 5.41 Å². The molecule has 0 radical (unpaired) electrons. The first-order valence-corrected chi connectivity index (χ1v) is 8.79. The van der Waals surface area contributed by atoms with E-state index in [2.05, 4.69) is 72.4 Å². The van der Waals surface area contributed by atoms with E-state index in [4.69, 9.17) is 4.42 Å². The van der Waals surface area contributed by atoms with Crippen molar-refractivity contribution in [2.24, 2.45) is 0 Å². The van der Waals surface area contributed by atoms with Gasteiger partial charge in [-0.25, -0.2) is 0 Å². The molecule has 0 unspecified atom stereocenters. The van der Waals surface area contributed by atoms with E-state index in [1.165, 1.54) is 17.5 Å². The molecule has 2 heterocycles. The van der Waals surface area contributed by atoms with Crippen LogP contribution in [0.5, 0.6) is 0 Å². The van der Waals surface area contributed by atoms with Crippen molar-refractivity contribution in [2.75, 3.05) is 31.5 Å². The lowest BCUT2D eigenvalue weighted by molar-refractivity contribution is 0.345. The Bertz CT molecular complexity index is 674. The standard InChI is InChI=1S/C19H28N4O/c1-14-7-5-6-8-16(14)15-9-11-23(13-15)12-10-20-18-22-21-17(24-18)19(2,3)4/h5-8,15H,9-13H2,1-4H3,(H,20,22)/t15-/m0/s1. The molecule has 0 bridgehead atoms. The lowest BCUT2D eigenvalue weighted by atomic mass is 9.94. The van der Waals surface area contributed by atoms with Crippen LogP contribution in [0.3, 0.4) is 0 Å². The van der Waals surface area contributed by atoms with Gasteiger partial charge in [-0.15, -0.1) is 5.10 Å². The number of likely N-dealkylation sites (tertiary alicyclic amines) is 1. The van der Waals surface area contributed by atoms with E-state index in [1.54, 1.807) is 0 Å². The van der Waals surface area contributed by atoms with Crippen molar-refractivity contribution in [3.05, 3.63) is 41.3 Å². The minimum Gasteiger partial charge on any atom is -0.408 e. The van der Waals surface area contributed by atoms with Gasteiger partial charge in [0.05, 0.1) is 0 Å². The molecule has 3 rings (SSSR count). The highest BCUT2D eigenvalue weighted by Crippen LogP contribution is 2.29. The zero-order chi connectivity index (χ0) is 17.2. The molecular weight excluding hydrogens is 300 g/mol. The molecule has 5 nitrogen and oxygen atoms in total. The number of nitrogens with zero attached hydrogens (tertiary/aromatic N) is 3. The summed E-state index contributed by atoms with van der Waals surface area (Å²) in [5.74, 6) is 1.33. The molecule has 5 heteroatoms. The Balaban J connectivity index is 1.47. The molecule has 0 spiro atoms. The summed E-state index contributed by atoms with van der Waals surface area (Å²) in [6.07, 6.45) is 1.24. The van der Waals surface area contributed by atoms with E-state index < -0.39 is 0 Å². The maximum Gasteiger partial charge on any atom is 0.315 e. The molecule has 130 valence electrons. The maximum absolute atomic E-state index is 5.67. The van der Waals surface area contributed by atoms with Gasteiger partial charge in [-0.2, -0.15) is 0 Å². The molecule has 1 atom stereocenters. The summed E-state index contributed by atoms with van der Waals surface area (Å²) in [4.78, 5) is 2.51. The van der Waals surface area contributed by atoms with Crippen LogP contribution in [0, 0.1) is 6.92 Å². The van der Waals surface area contributed by atoms with Gasteiger partial charge in [-0.1, -0.05) is 50.1 Å². The number of aryl methyl sites for hydroxylation is 1. The quantitative estimate of drug-likeness (QED) is 0.909. The molecule has 1 aliphatic rings. The zero-order valence-corrected chi connectivity index (χ0v) is 15.2. The molecule has 1 N–H and O–H groups in total. The van der Waals surface area contributed by atoms with Crippen LogP contribution in [-0.4, -0.2) is 41.3 Å². The van der Waals surface area contributed by atoms with Crippen molar-refractivity contribution in [1.82, 2.24) is 15.1 Å². The average molecular weight is 328 g/mol. The fourth-order valence-electron chi connectivity index (χ4n) is 3.25. The van der Waals surface area contributed by atoms with Gasteiger partial charge in [0, 0.05) is 25.0 Å². The summed E-state index contributed by atoms with van der Waals surface area (Å²) in [6.45, 7) is 12.5. The van der Waals surface area contributed by atoms with Gasteiger partial charge in [-0.3, -0.25) is 0 Å². The van der Waals surface area contributed by atoms with Crippen molar-refractivity contribution in [2.45, 2.75) is 45.4 Å². The number of benzene rings is 1. The number of anilines is 1. The summed E-state index contributed by atoms with van der Waals surface area (Å²) >= 11 is 0. The monoisotopic (exact) mass is 328 g/mol. The maximum atomic E-state index is 5.67. The van der Waals surface area contributed by atoms with Crippen LogP contribution in [0.4, 0.5) is 6.01 Å². The third-order valence-corrected chi connectivity index (χ3v) is 4.67. The van der Waals surface area contributed by atoms with Gasteiger partial charge in [-0.05, 0) is 36.9 Å². The average Bonchev–Trinajstić information content (AvgIpc) is 3.17. The molecule has 1 aromatic heterocycles. The van der Waals surface area contributed by atoms with Crippen molar-refractivity contribution < 1.29 is 4.42 Å². The summed E-state index contributed by atoms with van der Waals surface area (Å²) in [5, 5.41) is 11.4.